The summed E-state index contributed by atoms with van der Waals surface area (Å²) >= 11 is 18.7. The number of anilines is 1. The standard InChI is InChI=1S/C21H20Cl3N5O2/c1-4-5-12-6-7-26-19(17(12)24)29-15(10-16(23)28-29)21(31)27-18-11(2)8-13(22)9-14(18)20(30)25-3/h6-10H,4-5H2,1-3H3,(H,25,30)(H,27,31). The van der Waals surface area contributed by atoms with Gasteiger partial charge in [-0.25, -0.2) is 9.67 Å². The van der Waals surface area contributed by atoms with Gasteiger partial charge in [-0.2, -0.15) is 5.10 Å². The van der Waals surface area contributed by atoms with Crippen LogP contribution in [0.15, 0.2) is 30.5 Å². The minimum Gasteiger partial charge on any atom is -0.355 e. The van der Waals surface area contributed by atoms with Gasteiger partial charge in [0.1, 0.15) is 5.69 Å². The van der Waals surface area contributed by atoms with Crippen molar-refractivity contribution in [3.63, 3.8) is 0 Å². The van der Waals surface area contributed by atoms with Gasteiger partial charge in [0, 0.05) is 24.3 Å². The van der Waals surface area contributed by atoms with Crippen LogP contribution >= 0.6 is 34.8 Å². The third-order valence-corrected chi connectivity index (χ3v) is 5.41. The molecular formula is C21H20Cl3N5O2. The zero-order chi connectivity index (χ0) is 22.7. The number of nitrogens with zero attached hydrogens (tertiary/aromatic N) is 3. The fourth-order valence-electron chi connectivity index (χ4n) is 3.16. The molecule has 3 rings (SSSR count). The van der Waals surface area contributed by atoms with E-state index in [1.807, 2.05) is 13.0 Å². The van der Waals surface area contributed by atoms with E-state index in [1.54, 1.807) is 19.2 Å². The number of halogens is 3. The zero-order valence-corrected chi connectivity index (χ0v) is 19.4. The molecule has 0 aliphatic carbocycles. The molecule has 3 aromatic rings. The molecule has 0 bridgehead atoms. The van der Waals surface area contributed by atoms with Gasteiger partial charge in [0.2, 0.25) is 0 Å². The van der Waals surface area contributed by atoms with E-state index in [-0.39, 0.29) is 22.3 Å². The number of pyridine rings is 1. The average Bonchev–Trinajstić information content (AvgIpc) is 3.12. The first kappa shape index (κ1) is 23.1. The van der Waals surface area contributed by atoms with Crippen LogP contribution in [0, 0.1) is 6.92 Å². The Labute approximate surface area is 194 Å². The van der Waals surface area contributed by atoms with Crippen molar-refractivity contribution in [2.75, 3.05) is 12.4 Å². The summed E-state index contributed by atoms with van der Waals surface area (Å²) in [6.07, 6.45) is 3.26. The fraction of sp³-hybridized carbons (Fsp3) is 0.238. The molecular weight excluding hydrogens is 461 g/mol. The molecule has 0 radical (unpaired) electrons. The Hall–Kier alpha value is -2.61. The molecule has 2 heterocycles. The summed E-state index contributed by atoms with van der Waals surface area (Å²) in [6, 6.07) is 6.37. The lowest BCUT2D eigenvalue weighted by molar-refractivity contribution is 0.0964. The Morgan fingerprint density at radius 3 is 2.55 bits per heavy atom. The number of nitrogens with one attached hydrogen (secondary N) is 2. The van der Waals surface area contributed by atoms with Crippen molar-refractivity contribution in [2.24, 2.45) is 0 Å². The van der Waals surface area contributed by atoms with Crippen molar-refractivity contribution >= 4 is 52.3 Å². The van der Waals surface area contributed by atoms with E-state index in [9.17, 15) is 9.59 Å². The molecule has 2 aromatic heterocycles. The van der Waals surface area contributed by atoms with Crippen LogP contribution in [0.3, 0.4) is 0 Å². The highest BCUT2D eigenvalue weighted by atomic mass is 35.5. The van der Waals surface area contributed by atoms with Crippen molar-refractivity contribution in [3.8, 4) is 5.82 Å². The summed E-state index contributed by atoms with van der Waals surface area (Å²) in [4.78, 5) is 29.8. The highest BCUT2D eigenvalue weighted by Crippen LogP contribution is 2.28. The number of hydrogen-bond donors (Lipinski definition) is 2. The number of benzene rings is 1. The molecule has 1 aromatic carbocycles. The molecule has 2 N–H and O–H groups in total. The van der Waals surface area contributed by atoms with Gasteiger partial charge in [0.15, 0.2) is 11.0 Å². The van der Waals surface area contributed by atoms with Gasteiger partial charge in [0.25, 0.3) is 11.8 Å². The summed E-state index contributed by atoms with van der Waals surface area (Å²) in [5.41, 5.74) is 2.20. The third-order valence-electron chi connectivity index (χ3n) is 4.59. The maximum atomic E-state index is 13.2. The quantitative estimate of drug-likeness (QED) is 0.514. The first-order valence-electron chi connectivity index (χ1n) is 9.49. The average molecular weight is 481 g/mol. The fourth-order valence-corrected chi connectivity index (χ4v) is 3.90. The summed E-state index contributed by atoms with van der Waals surface area (Å²) in [6.45, 7) is 3.78. The number of carbonyl (C=O) groups is 2. The maximum Gasteiger partial charge on any atom is 0.274 e. The van der Waals surface area contributed by atoms with E-state index >= 15 is 0 Å². The zero-order valence-electron chi connectivity index (χ0n) is 17.1. The summed E-state index contributed by atoms with van der Waals surface area (Å²) in [5.74, 6) is -0.623. The number of amides is 2. The lowest BCUT2D eigenvalue weighted by atomic mass is 10.1. The van der Waals surface area contributed by atoms with Crippen LogP contribution in [0.4, 0.5) is 5.69 Å². The second-order valence-electron chi connectivity index (χ2n) is 6.80. The largest absolute Gasteiger partial charge is 0.355 e. The highest BCUT2D eigenvalue weighted by molar-refractivity contribution is 6.33. The summed E-state index contributed by atoms with van der Waals surface area (Å²) in [7, 11) is 1.50. The molecule has 0 aliphatic rings. The normalized spacial score (nSPS) is 10.8. The lowest BCUT2D eigenvalue weighted by Crippen LogP contribution is -2.23. The van der Waals surface area contributed by atoms with Crippen LogP contribution in [0.2, 0.25) is 15.2 Å². The van der Waals surface area contributed by atoms with Crippen LogP contribution in [-0.4, -0.2) is 33.6 Å². The van der Waals surface area contributed by atoms with Crippen molar-refractivity contribution in [3.05, 3.63) is 68.0 Å². The van der Waals surface area contributed by atoms with E-state index < -0.39 is 5.91 Å². The van der Waals surface area contributed by atoms with Crippen LogP contribution in [0.5, 0.6) is 0 Å². The second kappa shape index (κ2) is 9.68. The maximum absolute atomic E-state index is 13.2. The Bertz CT molecular complexity index is 1160. The van der Waals surface area contributed by atoms with Gasteiger partial charge in [-0.05, 0) is 42.7 Å². The van der Waals surface area contributed by atoms with Crippen molar-refractivity contribution in [2.45, 2.75) is 26.7 Å². The molecule has 10 heteroatoms. The van der Waals surface area contributed by atoms with Gasteiger partial charge < -0.3 is 10.6 Å². The van der Waals surface area contributed by atoms with E-state index in [0.29, 0.717) is 27.1 Å². The Morgan fingerprint density at radius 2 is 1.87 bits per heavy atom. The van der Waals surface area contributed by atoms with E-state index in [0.717, 1.165) is 18.4 Å². The summed E-state index contributed by atoms with van der Waals surface area (Å²) < 4.78 is 1.30. The van der Waals surface area contributed by atoms with Crippen molar-refractivity contribution in [1.82, 2.24) is 20.1 Å². The smallest absolute Gasteiger partial charge is 0.274 e. The first-order chi connectivity index (χ1) is 14.8. The van der Waals surface area contributed by atoms with Gasteiger partial charge in [-0.1, -0.05) is 48.1 Å². The van der Waals surface area contributed by atoms with Gasteiger partial charge in [-0.3, -0.25) is 9.59 Å². The molecule has 0 spiro atoms. The molecule has 31 heavy (non-hydrogen) atoms. The molecule has 7 nitrogen and oxygen atoms in total. The van der Waals surface area contributed by atoms with Crippen LogP contribution in [0.25, 0.3) is 5.82 Å². The minimum atomic E-state index is -0.534. The first-order valence-corrected chi connectivity index (χ1v) is 10.6. The highest BCUT2D eigenvalue weighted by Gasteiger charge is 2.23. The summed E-state index contributed by atoms with van der Waals surface area (Å²) in [5, 5.41) is 10.4. The van der Waals surface area contributed by atoms with Crippen LogP contribution in [-0.2, 0) is 6.42 Å². The van der Waals surface area contributed by atoms with E-state index in [1.165, 1.54) is 23.9 Å². The Morgan fingerprint density at radius 1 is 1.13 bits per heavy atom. The third kappa shape index (κ3) is 4.84. The number of aryl methyl sites for hydroxylation is 2. The lowest BCUT2D eigenvalue weighted by Gasteiger charge is -2.15. The number of rotatable bonds is 6. The Balaban J connectivity index is 2.05. The molecule has 0 saturated heterocycles. The van der Waals surface area contributed by atoms with Gasteiger partial charge in [-0.15, -0.1) is 0 Å². The molecule has 0 aliphatic heterocycles. The second-order valence-corrected chi connectivity index (χ2v) is 8.00. The minimum absolute atomic E-state index is 0.100. The molecule has 0 fully saturated rings. The van der Waals surface area contributed by atoms with Gasteiger partial charge in [0.05, 0.1) is 16.3 Å². The molecule has 0 unspecified atom stereocenters. The molecule has 2 amide bonds. The topological polar surface area (TPSA) is 88.9 Å². The van der Waals surface area contributed by atoms with Gasteiger partial charge >= 0.3 is 0 Å². The van der Waals surface area contributed by atoms with E-state index in [2.05, 4.69) is 20.7 Å². The molecule has 0 atom stereocenters. The van der Waals surface area contributed by atoms with Crippen molar-refractivity contribution in [1.29, 1.82) is 0 Å². The van der Waals surface area contributed by atoms with Crippen LogP contribution < -0.4 is 10.6 Å². The SMILES string of the molecule is CCCc1ccnc(-n2nc(Cl)cc2C(=O)Nc2c(C)cc(Cl)cc2C(=O)NC)c1Cl. The number of hydrogen-bond acceptors (Lipinski definition) is 4. The number of carbonyl (C=O) groups excluding carboxylic acids is 2. The van der Waals surface area contributed by atoms with E-state index in [4.69, 9.17) is 34.8 Å². The predicted molar refractivity (Wildman–Crippen MR) is 123 cm³/mol. The number of aromatic nitrogens is 3. The molecule has 0 saturated carbocycles. The Kier molecular flexibility index (Phi) is 7.20. The molecule has 162 valence electrons. The predicted octanol–water partition coefficient (Wildman–Crippen LogP) is 5.10. The van der Waals surface area contributed by atoms with Crippen LogP contribution in [0.1, 0.15) is 45.3 Å². The monoisotopic (exact) mass is 479 g/mol. The van der Waals surface area contributed by atoms with Crippen molar-refractivity contribution < 1.29 is 9.59 Å².